The molecule has 2 rings (SSSR count). The Hall–Kier alpha value is -1.06. The van der Waals surface area contributed by atoms with Gasteiger partial charge in [0.1, 0.15) is 5.38 Å². The number of carbonyl (C=O) groups excluding carboxylic acids is 1. The molecule has 0 spiro atoms. The number of nitrogens with zero attached hydrogens (tertiary/aromatic N) is 1. The van der Waals surface area contributed by atoms with Crippen molar-refractivity contribution >= 4 is 23.2 Å². The molecule has 0 aliphatic carbocycles. The molecule has 86 valence electrons. The van der Waals surface area contributed by atoms with Gasteiger partial charge in [-0.3, -0.25) is 4.79 Å². The number of amides is 1. The summed E-state index contributed by atoms with van der Waals surface area (Å²) < 4.78 is 0. The van der Waals surface area contributed by atoms with Crippen LogP contribution in [0, 0.1) is 0 Å². The number of carbonyl (C=O) groups is 1. The lowest BCUT2D eigenvalue weighted by atomic mass is 10.1. The van der Waals surface area contributed by atoms with Crippen LogP contribution in [0.2, 0.25) is 0 Å². The molecule has 0 fully saturated rings. The summed E-state index contributed by atoms with van der Waals surface area (Å²) in [5.41, 5.74) is 2.92. The lowest BCUT2D eigenvalue weighted by Crippen LogP contribution is -2.34. The molecule has 1 aromatic carbocycles. The first-order valence-electron chi connectivity index (χ1n) is 5.31. The number of benzene rings is 1. The molecule has 16 heavy (non-hydrogen) atoms. The zero-order chi connectivity index (χ0) is 11.7. The van der Waals surface area contributed by atoms with Crippen molar-refractivity contribution in [3.05, 3.63) is 29.3 Å². The van der Waals surface area contributed by atoms with E-state index in [0.717, 1.165) is 23.2 Å². The molecule has 0 unspecified atom stereocenters. The van der Waals surface area contributed by atoms with Crippen molar-refractivity contribution < 1.29 is 9.90 Å². The van der Waals surface area contributed by atoms with E-state index in [1.54, 1.807) is 11.8 Å². The van der Waals surface area contributed by atoms with Crippen molar-refractivity contribution in [2.24, 2.45) is 0 Å². The third-order valence-corrected chi connectivity index (χ3v) is 3.02. The summed E-state index contributed by atoms with van der Waals surface area (Å²) in [5.74, 6) is -0.0582. The molecule has 1 atom stereocenters. The summed E-state index contributed by atoms with van der Waals surface area (Å²) in [6.45, 7) is 2.40. The smallest absolute Gasteiger partial charge is 0.244 e. The molecular formula is C12H14ClNO2. The third kappa shape index (κ3) is 1.93. The molecule has 1 N–H and O–H groups in total. The Morgan fingerprint density at radius 2 is 2.38 bits per heavy atom. The molecule has 0 radical (unpaired) electrons. The monoisotopic (exact) mass is 239 g/mol. The molecule has 1 heterocycles. The van der Waals surface area contributed by atoms with Crippen molar-refractivity contribution in [1.29, 1.82) is 0 Å². The molecule has 3 nitrogen and oxygen atoms in total. The van der Waals surface area contributed by atoms with Gasteiger partial charge in [-0.2, -0.15) is 0 Å². The maximum atomic E-state index is 11.8. The number of hydrogen-bond acceptors (Lipinski definition) is 2. The highest BCUT2D eigenvalue weighted by Crippen LogP contribution is 2.29. The van der Waals surface area contributed by atoms with Crippen molar-refractivity contribution in [1.82, 2.24) is 0 Å². The van der Waals surface area contributed by atoms with E-state index in [9.17, 15) is 4.79 Å². The van der Waals surface area contributed by atoms with Gasteiger partial charge in [-0.15, -0.1) is 11.6 Å². The van der Waals surface area contributed by atoms with Crippen molar-refractivity contribution in [2.45, 2.75) is 25.3 Å². The Balaban J connectivity index is 2.30. The molecular weight excluding hydrogens is 226 g/mol. The lowest BCUT2D eigenvalue weighted by Gasteiger charge is -2.18. The topological polar surface area (TPSA) is 40.5 Å². The number of halogens is 1. The van der Waals surface area contributed by atoms with E-state index < -0.39 is 5.38 Å². The second-order valence-corrected chi connectivity index (χ2v) is 4.63. The predicted molar refractivity (Wildman–Crippen MR) is 63.7 cm³/mol. The van der Waals surface area contributed by atoms with Gasteiger partial charge in [0.15, 0.2) is 0 Å². The first-order valence-corrected chi connectivity index (χ1v) is 5.75. The summed E-state index contributed by atoms with van der Waals surface area (Å²) in [6.07, 6.45) is 0.832. The number of aliphatic hydroxyl groups excluding tert-OH is 1. The van der Waals surface area contributed by atoms with E-state index in [1.165, 1.54) is 0 Å². The Bertz CT molecular complexity index is 417. The van der Waals surface area contributed by atoms with E-state index in [0.29, 0.717) is 6.54 Å². The molecule has 0 aromatic heterocycles. The van der Waals surface area contributed by atoms with Crippen molar-refractivity contribution in [2.75, 3.05) is 11.4 Å². The Morgan fingerprint density at radius 3 is 3.00 bits per heavy atom. The number of anilines is 1. The number of aliphatic hydroxyl groups is 1. The minimum atomic E-state index is -0.497. The van der Waals surface area contributed by atoms with Gasteiger partial charge >= 0.3 is 0 Å². The maximum absolute atomic E-state index is 11.8. The Kier molecular flexibility index (Phi) is 3.17. The summed E-state index contributed by atoms with van der Waals surface area (Å²) in [4.78, 5) is 13.5. The second-order valence-electron chi connectivity index (χ2n) is 3.98. The van der Waals surface area contributed by atoms with Crippen LogP contribution in [0.4, 0.5) is 5.69 Å². The van der Waals surface area contributed by atoms with E-state index >= 15 is 0 Å². The summed E-state index contributed by atoms with van der Waals surface area (Å²) in [6, 6.07) is 5.66. The third-order valence-electron chi connectivity index (χ3n) is 2.83. The van der Waals surface area contributed by atoms with Crippen LogP contribution < -0.4 is 4.90 Å². The van der Waals surface area contributed by atoms with E-state index in [1.807, 2.05) is 18.2 Å². The average Bonchev–Trinajstić information content (AvgIpc) is 2.70. The van der Waals surface area contributed by atoms with Crippen LogP contribution in [0.15, 0.2) is 18.2 Å². The molecule has 0 bridgehead atoms. The number of hydrogen-bond donors (Lipinski definition) is 1. The van der Waals surface area contributed by atoms with Gasteiger partial charge in [-0.25, -0.2) is 0 Å². The molecule has 1 aromatic rings. The zero-order valence-electron chi connectivity index (χ0n) is 9.11. The molecule has 1 aliphatic rings. The second kappa shape index (κ2) is 4.44. The highest BCUT2D eigenvalue weighted by atomic mass is 35.5. The van der Waals surface area contributed by atoms with Crippen LogP contribution in [0.25, 0.3) is 0 Å². The van der Waals surface area contributed by atoms with Crippen LogP contribution in [-0.4, -0.2) is 22.9 Å². The fraction of sp³-hybridized carbons (Fsp3) is 0.417. The van der Waals surface area contributed by atoms with Crippen molar-refractivity contribution in [3.8, 4) is 0 Å². The maximum Gasteiger partial charge on any atom is 0.244 e. The summed E-state index contributed by atoms with van der Waals surface area (Å²) in [7, 11) is 0. The fourth-order valence-electron chi connectivity index (χ4n) is 2.00. The van der Waals surface area contributed by atoms with Gasteiger partial charge in [0.2, 0.25) is 5.91 Å². The van der Waals surface area contributed by atoms with E-state index in [-0.39, 0.29) is 12.5 Å². The highest BCUT2D eigenvalue weighted by Gasteiger charge is 2.26. The average molecular weight is 240 g/mol. The van der Waals surface area contributed by atoms with Crippen LogP contribution in [0.1, 0.15) is 18.1 Å². The minimum absolute atomic E-state index is 0.0349. The van der Waals surface area contributed by atoms with Crippen LogP contribution in [0.3, 0.4) is 0 Å². The fourth-order valence-corrected chi connectivity index (χ4v) is 2.11. The van der Waals surface area contributed by atoms with Gasteiger partial charge in [0.25, 0.3) is 0 Å². The van der Waals surface area contributed by atoms with Gasteiger partial charge in [0.05, 0.1) is 6.61 Å². The highest BCUT2D eigenvalue weighted by molar-refractivity contribution is 6.32. The number of rotatable bonds is 2. The summed E-state index contributed by atoms with van der Waals surface area (Å²) >= 11 is 5.80. The molecule has 1 aliphatic heterocycles. The predicted octanol–water partition coefficient (Wildman–Crippen LogP) is 1.70. The van der Waals surface area contributed by atoms with Gasteiger partial charge < -0.3 is 10.0 Å². The van der Waals surface area contributed by atoms with E-state index in [2.05, 4.69) is 0 Å². The normalized spacial score (nSPS) is 16.1. The quantitative estimate of drug-likeness (QED) is 0.798. The molecule has 1 amide bonds. The molecule has 0 saturated heterocycles. The summed E-state index contributed by atoms with van der Waals surface area (Å²) in [5, 5.41) is 8.53. The Labute approximate surface area is 99.6 Å². The standard InChI is InChI=1S/C12H14ClNO2/c1-8(13)12(16)14-5-4-10-6-9(7-15)2-3-11(10)14/h2-3,6,8,15H,4-5,7H2,1H3/t8-/m0/s1. The lowest BCUT2D eigenvalue weighted by molar-refractivity contribution is -0.117. The van der Waals surface area contributed by atoms with Gasteiger partial charge in [-0.05, 0) is 30.5 Å². The molecule has 4 heteroatoms. The minimum Gasteiger partial charge on any atom is -0.392 e. The van der Waals surface area contributed by atoms with Crippen LogP contribution >= 0.6 is 11.6 Å². The number of alkyl halides is 1. The SMILES string of the molecule is C[C@H](Cl)C(=O)N1CCc2cc(CO)ccc21. The number of fused-ring (bicyclic) bond motifs is 1. The van der Waals surface area contributed by atoms with Crippen LogP contribution in [0.5, 0.6) is 0 Å². The van der Waals surface area contributed by atoms with Gasteiger partial charge in [0, 0.05) is 12.2 Å². The first-order chi connectivity index (χ1) is 7.63. The Morgan fingerprint density at radius 1 is 1.62 bits per heavy atom. The largest absolute Gasteiger partial charge is 0.392 e. The van der Waals surface area contributed by atoms with Crippen LogP contribution in [-0.2, 0) is 17.8 Å². The van der Waals surface area contributed by atoms with Crippen molar-refractivity contribution in [3.63, 3.8) is 0 Å². The zero-order valence-corrected chi connectivity index (χ0v) is 9.87. The van der Waals surface area contributed by atoms with Gasteiger partial charge in [-0.1, -0.05) is 12.1 Å². The van der Waals surface area contributed by atoms with E-state index in [4.69, 9.17) is 16.7 Å². The molecule has 0 saturated carbocycles. The first kappa shape index (κ1) is 11.4.